The quantitative estimate of drug-likeness (QED) is 0.661. The lowest BCUT2D eigenvalue weighted by molar-refractivity contribution is -0.153. The van der Waals surface area contributed by atoms with Crippen LogP contribution in [0.25, 0.3) is 0 Å². The van der Waals surface area contributed by atoms with Gasteiger partial charge in [0.25, 0.3) is 0 Å². The van der Waals surface area contributed by atoms with Crippen LogP contribution in [-0.4, -0.2) is 44.7 Å². The van der Waals surface area contributed by atoms with Crippen molar-refractivity contribution in [1.82, 2.24) is 0 Å². The minimum Gasteiger partial charge on any atom is -0.390 e. The number of aliphatic hydroxyl groups is 3. The van der Waals surface area contributed by atoms with E-state index in [2.05, 4.69) is 0 Å². The Balaban J connectivity index is 1.80. The molecule has 0 amide bonds. The van der Waals surface area contributed by atoms with Gasteiger partial charge in [0.15, 0.2) is 5.78 Å². The fourth-order valence-corrected chi connectivity index (χ4v) is 7.02. The van der Waals surface area contributed by atoms with E-state index in [1.807, 2.05) is 13.8 Å². The van der Waals surface area contributed by atoms with Gasteiger partial charge in [-0.3, -0.25) is 9.59 Å². The van der Waals surface area contributed by atoms with Crippen LogP contribution >= 0.6 is 0 Å². The van der Waals surface area contributed by atoms with E-state index in [4.69, 9.17) is 0 Å². The van der Waals surface area contributed by atoms with Gasteiger partial charge < -0.3 is 15.3 Å². The zero-order valence-electron chi connectivity index (χ0n) is 15.9. The molecule has 0 heterocycles. The molecule has 5 heteroatoms. The van der Waals surface area contributed by atoms with Crippen LogP contribution in [0, 0.1) is 28.6 Å². The van der Waals surface area contributed by atoms with Crippen molar-refractivity contribution in [3.8, 4) is 0 Å². The fourth-order valence-electron chi connectivity index (χ4n) is 7.02. The number of aliphatic hydroxyl groups excluding tert-OH is 2. The van der Waals surface area contributed by atoms with Crippen LogP contribution in [0.3, 0.4) is 0 Å². The molecular formula is C21H30O5. The van der Waals surface area contributed by atoms with E-state index >= 15 is 0 Å². The van der Waals surface area contributed by atoms with Gasteiger partial charge in [0.1, 0.15) is 5.78 Å². The monoisotopic (exact) mass is 362 g/mol. The van der Waals surface area contributed by atoms with Crippen molar-refractivity contribution >= 4 is 11.6 Å². The molecule has 8 atom stereocenters. The maximum Gasteiger partial charge on any atom is 0.159 e. The maximum absolute atomic E-state index is 12.9. The number of hydrogen-bond acceptors (Lipinski definition) is 5. The average molecular weight is 362 g/mol. The van der Waals surface area contributed by atoms with Gasteiger partial charge in [0.05, 0.1) is 17.8 Å². The SMILES string of the molecule is CC(=O)[C@H]1CC[C@@]2(O)C3=CC(=O)[C@@H]4C[C@H](O)[C@@H](O)C[C@]4(C)C3CC[C@]12C. The molecule has 0 spiro atoms. The van der Waals surface area contributed by atoms with Gasteiger partial charge in [0.2, 0.25) is 0 Å². The number of ketones is 2. The normalized spacial score (nSPS) is 53.4. The number of rotatable bonds is 1. The summed E-state index contributed by atoms with van der Waals surface area (Å²) in [5, 5.41) is 32.1. The Bertz CT molecular complexity index is 699. The Morgan fingerprint density at radius 1 is 1.12 bits per heavy atom. The van der Waals surface area contributed by atoms with Crippen molar-refractivity contribution in [1.29, 1.82) is 0 Å². The van der Waals surface area contributed by atoms with Crippen LogP contribution in [0.1, 0.15) is 59.3 Å². The largest absolute Gasteiger partial charge is 0.390 e. The molecule has 4 aliphatic carbocycles. The predicted molar refractivity (Wildman–Crippen MR) is 95.1 cm³/mol. The van der Waals surface area contributed by atoms with Gasteiger partial charge in [-0.05, 0) is 68.4 Å². The van der Waals surface area contributed by atoms with Crippen molar-refractivity contribution in [2.75, 3.05) is 0 Å². The molecule has 0 bridgehead atoms. The summed E-state index contributed by atoms with van der Waals surface area (Å²) in [4.78, 5) is 25.1. The Labute approximate surface area is 154 Å². The van der Waals surface area contributed by atoms with E-state index in [1.165, 1.54) is 0 Å². The molecular weight excluding hydrogens is 332 g/mol. The summed E-state index contributed by atoms with van der Waals surface area (Å²) >= 11 is 0. The molecule has 0 aromatic heterocycles. The van der Waals surface area contributed by atoms with Gasteiger partial charge in [-0.15, -0.1) is 0 Å². The molecule has 0 aromatic rings. The molecule has 0 saturated heterocycles. The third-order valence-electron chi connectivity index (χ3n) is 8.61. The Hall–Kier alpha value is -1.04. The second-order valence-corrected chi connectivity index (χ2v) is 9.71. The highest BCUT2D eigenvalue weighted by molar-refractivity contribution is 5.95. The van der Waals surface area contributed by atoms with E-state index < -0.39 is 28.6 Å². The fraction of sp³-hybridized carbons (Fsp3) is 0.810. The summed E-state index contributed by atoms with van der Waals surface area (Å²) in [6.45, 7) is 5.64. The molecule has 5 nitrogen and oxygen atoms in total. The van der Waals surface area contributed by atoms with E-state index in [0.29, 0.717) is 19.3 Å². The standard InChI is InChI=1S/C21H30O5/c1-11(22)12-5-7-21(26)14-8-16(23)15-9-17(24)18(25)10-19(15,2)13(14)4-6-20(12,21)3/h8,12-13,15,17-18,24-26H,4-7,9-10H2,1-3H3/t12-,13?,15+,17+,18+,19-,20-,21-/m1/s1. The third-order valence-corrected chi connectivity index (χ3v) is 8.61. The van der Waals surface area contributed by atoms with Gasteiger partial charge in [-0.2, -0.15) is 0 Å². The smallest absolute Gasteiger partial charge is 0.159 e. The summed E-state index contributed by atoms with van der Waals surface area (Å²) < 4.78 is 0. The van der Waals surface area contributed by atoms with Crippen LogP contribution in [0.2, 0.25) is 0 Å². The Morgan fingerprint density at radius 3 is 2.46 bits per heavy atom. The van der Waals surface area contributed by atoms with Crippen molar-refractivity contribution in [2.45, 2.75) is 77.1 Å². The minimum atomic E-state index is -1.13. The molecule has 0 aromatic carbocycles. The molecule has 4 aliphatic rings. The third kappa shape index (κ3) is 2.08. The van der Waals surface area contributed by atoms with Gasteiger partial charge >= 0.3 is 0 Å². The van der Waals surface area contributed by atoms with Crippen LogP contribution in [-0.2, 0) is 9.59 Å². The van der Waals surface area contributed by atoms with Crippen molar-refractivity contribution < 1.29 is 24.9 Å². The Morgan fingerprint density at radius 2 is 1.81 bits per heavy atom. The van der Waals surface area contributed by atoms with Crippen LogP contribution in [0.4, 0.5) is 0 Å². The van der Waals surface area contributed by atoms with E-state index in [0.717, 1.165) is 18.4 Å². The number of Topliss-reactive ketones (excluding diaryl/α,β-unsaturated/α-hetero) is 1. The van der Waals surface area contributed by atoms with Gasteiger partial charge in [0, 0.05) is 17.3 Å². The summed E-state index contributed by atoms with van der Waals surface area (Å²) in [6, 6.07) is 0. The molecule has 0 aliphatic heterocycles. The van der Waals surface area contributed by atoms with Crippen molar-refractivity contribution in [3.63, 3.8) is 0 Å². The van der Waals surface area contributed by atoms with Crippen LogP contribution in [0.5, 0.6) is 0 Å². The number of allylic oxidation sites excluding steroid dienone is 1. The molecule has 4 rings (SSSR count). The molecule has 0 radical (unpaired) electrons. The lowest BCUT2D eigenvalue weighted by Gasteiger charge is -2.59. The van der Waals surface area contributed by atoms with Crippen molar-refractivity contribution in [3.05, 3.63) is 11.6 Å². The molecule has 144 valence electrons. The molecule has 3 fully saturated rings. The van der Waals surface area contributed by atoms with E-state index in [-0.39, 0.29) is 35.7 Å². The first-order valence-electron chi connectivity index (χ1n) is 9.89. The molecule has 26 heavy (non-hydrogen) atoms. The second kappa shape index (κ2) is 5.49. The number of carbonyl (C=O) groups is 2. The molecule has 1 unspecified atom stereocenters. The lowest BCUT2D eigenvalue weighted by Crippen LogP contribution is -2.60. The zero-order chi connectivity index (χ0) is 19.1. The van der Waals surface area contributed by atoms with Gasteiger partial charge in [-0.25, -0.2) is 0 Å². The minimum absolute atomic E-state index is 0.0103. The number of fused-ring (bicyclic) bond motifs is 5. The highest BCUT2D eigenvalue weighted by Crippen LogP contribution is 2.67. The van der Waals surface area contributed by atoms with Crippen LogP contribution < -0.4 is 0 Å². The summed E-state index contributed by atoms with van der Waals surface area (Å²) in [5.74, 6) is -0.406. The topological polar surface area (TPSA) is 94.8 Å². The molecule has 3 saturated carbocycles. The summed E-state index contributed by atoms with van der Waals surface area (Å²) in [7, 11) is 0. The number of hydrogen-bond donors (Lipinski definition) is 3. The van der Waals surface area contributed by atoms with E-state index in [1.54, 1.807) is 13.0 Å². The zero-order valence-corrected chi connectivity index (χ0v) is 15.9. The first-order chi connectivity index (χ1) is 12.0. The highest BCUT2D eigenvalue weighted by atomic mass is 16.3. The second-order valence-electron chi connectivity index (χ2n) is 9.71. The summed E-state index contributed by atoms with van der Waals surface area (Å²) in [6.07, 6.45) is 3.29. The summed E-state index contributed by atoms with van der Waals surface area (Å²) in [5.41, 5.74) is -1.33. The first kappa shape index (κ1) is 18.3. The average Bonchev–Trinajstić information content (AvgIpc) is 2.83. The Kier molecular flexibility index (Phi) is 3.87. The first-order valence-corrected chi connectivity index (χ1v) is 9.89. The number of carbonyl (C=O) groups excluding carboxylic acids is 2. The highest BCUT2D eigenvalue weighted by Gasteiger charge is 2.67. The predicted octanol–water partition coefficient (Wildman–Crippen LogP) is 1.78. The lowest BCUT2D eigenvalue weighted by atomic mass is 9.46. The van der Waals surface area contributed by atoms with Crippen molar-refractivity contribution in [2.24, 2.45) is 28.6 Å². The van der Waals surface area contributed by atoms with Crippen LogP contribution in [0.15, 0.2) is 11.6 Å². The van der Waals surface area contributed by atoms with E-state index in [9.17, 15) is 24.9 Å². The molecule has 3 N–H and O–H groups in total. The maximum atomic E-state index is 12.9. The van der Waals surface area contributed by atoms with Gasteiger partial charge in [-0.1, -0.05) is 13.8 Å².